The van der Waals surface area contributed by atoms with Gasteiger partial charge >= 0.3 is 6.03 Å². The van der Waals surface area contributed by atoms with Gasteiger partial charge in [0, 0.05) is 36.4 Å². The first-order valence-electron chi connectivity index (χ1n) is 12.7. The van der Waals surface area contributed by atoms with E-state index in [1.807, 2.05) is 51.1 Å². The standard InChI is InChI=1S/C25H31N5O3.C2H6/c1-4-12-25(3)21-20(15-32-25)23(30-13-18-10-11-19(14-30)33-18)29-22(28-21)16-6-8-17(9-7-16)27-24(31)26-5-2;1-2/h4,6-9,18-19H,1,5,10-15H2,2-3H3,(H2,26,27,31);1-2H3. The highest BCUT2D eigenvalue weighted by Gasteiger charge is 2.42. The molecule has 3 aliphatic rings. The van der Waals surface area contributed by atoms with Crippen molar-refractivity contribution in [2.24, 2.45) is 0 Å². The third-order valence-corrected chi connectivity index (χ3v) is 6.64. The molecule has 2 fully saturated rings. The first-order chi connectivity index (χ1) is 17.0. The number of nitrogens with zero attached hydrogens (tertiary/aromatic N) is 3. The third kappa shape index (κ3) is 5.18. The quantitative estimate of drug-likeness (QED) is 0.567. The summed E-state index contributed by atoms with van der Waals surface area (Å²) in [6.45, 7) is 14.6. The molecule has 3 atom stereocenters. The van der Waals surface area contributed by atoms with Crippen molar-refractivity contribution in [3.05, 3.63) is 48.2 Å². The van der Waals surface area contributed by atoms with Gasteiger partial charge in [-0.2, -0.15) is 0 Å². The number of carbonyl (C=O) groups is 1. The van der Waals surface area contributed by atoms with Crippen molar-refractivity contribution in [2.45, 2.75) is 71.4 Å². The van der Waals surface area contributed by atoms with E-state index in [1.165, 1.54) is 0 Å². The summed E-state index contributed by atoms with van der Waals surface area (Å²) in [6.07, 6.45) is 5.30. The molecule has 4 heterocycles. The van der Waals surface area contributed by atoms with Crippen LogP contribution in [0.15, 0.2) is 36.9 Å². The van der Waals surface area contributed by atoms with E-state index >= 15 is 0 Å². The summed E-state index contributed by atoms with van der Waals surface area (Å²) in [5.74, 6) is 1.61. The van der Waals surface area contributed by atoms with Gasteiger partial charge in [0.15, 0.2) is 5.82 Å². The Balaban J connectivity index is 0.00000141. The Morgan fingerprint density at radius 3 is 2.51 bits per heavy atom. The largest absolute Gasteiger partial charge is 0.371 e. The molecule has 8 heteroatoms. The summed E-state index contributed by atoms with van der Waals surface area (Å²) < 4.78 is 12.3. The van der Waals surface area contributed by atoms with Gasteiger partial charge in [0.05, 0.1) is 24.5 Å². The van der Waals surface area contributed by atoms with Gasteiger partial charge in [0.2, 0.25) is 0 Å². The Labute approximate surface area is 208 Å². The van der Waals surface area contributed by atoms with Gasteiger partial charge < -0.3 is 25.0 Å². The SMILES string of the molecule is C=CCC1(C)OCc2c(N3CC4CCC(C3)O4)nc(-c3ccc(NC(=O)NCC)cc3)nc21.CC. The van der Waals surface area contributed by atoms with Crippen molar-refractivity contribution in [1.29, 1.82) is 0 Å². The predicted octanol–water partition coefficient (Wildman–Crippen LogP) is 5.00. The molecule has 1 aromatic carbocycles. The number of rotatable bonds is 6. The molecule has 2 amide bonds. The third-order valence-electron chi connectivity index (χ3n) is 6.64. The van der Waals surface area contributed by atoms with Gasteiger partial charge in [-0.25, -0.2) is 14.8 Å². The minimum atomic E-state index is -0.519. The Bertz CT molecular complexity index is 1050. The van der Waals surface area contributed by atoms with E-state index in [9.17, 15) is 4.79 Å². The smallest absolute Gasteiger partial charge is 0.319 e. The van der Waals surface area contributed by atoms with Crippen LogP contribution < -0.4 is 15.5 Å². The Morgan fingerprint density at radius 2 is 1.89 bits per heavy atom. The van der Waals surface area contributed by atoms with E-state index < -0.39 is 5.60 Å². The number of nitrogens with one attached hydrogen (secondary N) is 2. The van der Waals surface area contributed by atoms with Crippen molar-refractivity contribution in [3.8, 4) is 11.4 Å². The van der Waals surface area contributed by atoms with Crippen LogP contribution in [0, 0.1) is 0 Å². The normalized spacial score (nSPS) is 24.3. The predicted molar refractivity (Wildman–Crippen MR) is 139 cm³/mol. The molecule has 8 nitrogen and oxygen atoms in total. The van der Waals surface area contributed by atoms with Crippen LogP contribution in [0.1, 0.15) is 58.2 Å². The minimum absolute atomic E-state index is 0.222. The first-order valence-corrected chi connectivity index (χ1v) is 12.7. The highest BCUT2D eigenvalue weighted by Crippen LogP contribution is 2.43. The number of ether oxygens (including phenoxy) is 2. The molecule has 2 N–H and O–H groups in total. The second kappa shape index (κ2) is 10.7. The monoisotopic (exact) mass is 479 g/mol. The molecule has 0 aliphatic carbocycles. The molecule has 2 saturated heterocycles. The van der Waals surface area contributed by atoms with Gasteiger partial charge in [-0.3, -0.25) is 0 Å². The van der Waals surface area contributed by atoms with Crippen LogP contribution in [0.4, 0.5) is 16.3 Å². The van der Waals surface area contributed by atoms with Crippen LogP contribution in [0.2, 0.25) is 0 Å². The Hall–Kier alpha value is -2.97. The molecule has 0 spiro atoms. The number of anilines is 2. The Kier molecular flexibility index (Phi) is 7.72. The maximum absolute atomic E-state index is 11.8. The zero-order valence-corrected chi connectivity index (χ0v) is 21.3. The molecule has 3 unspecified atom stereocenters. The van der Waals surface area contributed by atoms with Crippen molar-refractivity contribution in [1.82, 2.24) is 15.3 Å². The van der Waals surface area contributed by atoms with Crippen LogP contribution >= 0.6 is 0 Å². The lowest BCUT2D eigenvalue weighted by atomic mass is 9.96. The van der Waals surface area contributed by atoms with Crippen molar-refractivity contribution in [3.63, 3.8) is 0 Å². The lowest BCUT2D eigenvalue weighted by Gasteiger charge is -2.34. The minimum Gasteiger partial charge on any atom is -0.371 e. The highest BCUT2D eigenvalue weighted by atomic mass is 16.5. The van der Waals surface area contributed by atoms with Gasteiger partial charge in [0.25, 0.3) is 0 Å². The number of benzene rings is 1. The number of hydrogen-bond donors (Lipinski definition) is 2. The number of aromatic nitrogens is 2. The summed E-state index contributed by atoms with van der Waals surface area (Å²) >= 11 is 0. The van der Waals surface area contributed by atoms with Crippen molar-refractivity contribution >= 4 is 17.5 Å². The zero-order chi connectivity index (χ0) is 25.0. The van der Waals surface area contributed by atoms with Crippen LogP contribution in [0.3, 0.4) is 0 Å². The molecule has 2 bridgehead atoms. The lowest BCUT2D eigenvalue weighted by molar-refractivity contribution is -0.0229. The van der Waals surface area contributed by atoms with Crippen LogP contribution in [0.5, 0.6) is 0 Å². The average Bonchev–Trinajstić information content (AvgIpc) is 3.38. The zero-order valence-electron chi connectivity index (χ0n) is 21.3. The molecule has 1 aromatic heterocycles. The second-order valence-corrected chi connectivity index (χ2v) is 9.13. The Morgan fingerprint density at radius 1 is 1.20 bits per heavy atom. The van der Waals surface area contributed by atoms with E-state index in [2.05, 4.69) is 29.0 Å². The van der Waals surface area contributed by atoms with E-state index in [4.69, 9.17) is 19.4 Å². The molecule has 0 saturated carbocycles. The summed E-state index contributed by atoms with van der Waals surface area (Å²) in [7, 11) is 0. The fraction of sp³-hybridized carbons (Fsp3) is 0.519. The lowest BCUT2D eigenvalue weighted by Crippen LogP contribution is -2.43. The average molecular weight is 480 g/mol. The molecular formula is C27H37N5O3. The number of fused-ring (bicyclic) bond motifs is 3. The maximum Gasteiger partial charge on any atom is 0.319 e. The van der Waals surface area contributed by atoms with E-state index in [-0.39, 0.29) is 18.2 Å². The summed E-state index contributed by atoms with van der Waals surface area (Å²) in [4.78, 5) is 24.2. The molecular weight excluding hydrogens is 442 g/mol. The fourth-order valence-electron chi connectivity index (χ4n) is 4.99. The first kappa shape index (κ1) is 25.1. The number of hydrogen-bond acceptors (Lipinski definition) is 6. The molecule has 0 radical (unpaired) electrons. The summed E-state index contributed by atoms with van der Waals surface area (Å²) in [5.41, 5.74) is 3.10. The van der Waals surface area contributed by atoms with Crippen LogP contribution in [-0.4, -0.2) is 47.8 Å². The number of amides is 2. The second-order valence-electron chi connectivity index (χ2n) is 9.13. The van der Waals surface area contributed by atoms with Gasteiger partial charge in [-0.1, -0.05) is 19.9 Å². The van der Waals surface area contributed by atoms with Crippen molar-refractivity contribution in [2.75, 3.05) is 29.9 Å². The van der Waals surface area contributed by atoms with Crippen molar-refractivity contribution < 1.29 is 14.3 Å². The topological polar surface area (TPSA) is 88.6 Å². The molecule has 35 heavy (non-hydrogen) atoms. The number of carbonyl (C=O) groups excluding carboxylic acids is 1. The summed E-state index contributed by atoms with van der Waals surface area (Å²) in [6, 6.07) is 7.40. The van der Waals surface area contributed by atoms with E-state index in [0.717, 1.165) is 54.3 Å². The molecule has 5 rings (SSSR count). The van der Waals surface area contributed by atoms with Gasteiger partial charge in [0.1, 0.15) is 11.4 Å². The van der Waals surface area contributed by atoms with Gasteiger partial charge in [-0.15, -0.1) is 6.58 Å². The molecule has 2 aromatic rings. The fourth-order valence-corrected chi connectivity index (χ4v) is 4.99. The maximum atomic E-state index is 11.8. The number of urea groups is 1. The van der Waals surface area contributed by atoms with Crippen LogP contribution in [-0.2, 0) is 21.7 Å². The van der Waals surface area contributed by atoms with Crippen LogP contribution in [0.25, 0.3) is 11.4 Å². The van der Waals surface area contributed by atoms with E-state index in [1.54, 1.807) is 0 Å². The highest BCUT2D eigenvalue weighted by molar-refractivity contribution is 5.89. The molecule has 3 aliphatic heterocycles. The van der Waals surface area contributed by atoms with E-state index in [0.29, 0.717) is 25.4 Å². The summed E-state index contributed by atoms with van der Waals surface area (Å²) in [5, 5.41) is 5.56. The van der Waals surface area contributed by atoms with Gasteiger partial charge in [-0.05, 0) is 57.4 Å². The number of morpholine rings is 1. The molecule has 188 valence electrons.